The summed E-state index contributed by atoms with van der Waals surface area (Å²) in [5, 5.41) is 4.76. The Morgan fingerprint density at radius 3 is 2.89 bits per heavy atom. The standard InChI is InChI=1S/C21H23ClN4O2/c1-14-4-5-16(13-17(14)28-11-10-26-8-2-3-9-26)24-20-19-15(12-18(22)25-20)6-7-23-21(19)27/h4-7,12-13H,2-3,8-11H2,1H3,(H,23,27)(H,24,25). The largest absolute Gasteiger partial charge is 0.492 e. The summed E-state index contributed by atoms with van der Waals surface area (Å²) in [6.07, 6.45) is 4.15. The van der Waals surface area contributed by atoms with E-state index in [0.717, 1.165) is 42.0 Å². The molecule has 0 unspecified atom stereocenters. The number of aromatic amines is 1. The molecule has 0 amide bonds. The van der Waals surface area contributed by atoms with Crippen LogP contribution in [0, 0.1) is 6.92 Å². The number of pyridine rings is 2. The van der Waals surface area contributed by atoms with Gasteiger partial charge in [0.05, 0.1) is 5.39 Å². The van der Waals surface area contributed by atoms with Crippen LogP contribution < -0.4 is 15.6 Å². The molecule has 7 heteroatoms. The topological polar surface area (TPSA) is 70.2 Å². The van der Waals surface area contributed by atoms with Gasteiger partial charge in [0.2, 0.25) is 0 Å². The number of hydrogen-bond donors (Lipinski definition) is 2. The molecular weight excluding hydrogens is 376 g/mol. The van der Waals surface area contributed by atoms with Crippen molar-refractivity contribution < 1.29 is 4.74 Å². The zero-order valence-corrected chi connectivity index (χ0v) is 16.6. The van der Waals surface area contributed by atoms with Gasteiger partial charge in [-0.15, -0.1) is 0 Å². The molecule has 3 aromatic rings. The maximum Gasteiger partial charge on any atom is 0.259 e. The molecule has 0 spiro atoms. The molecule has 2 aromatic heterocycles. The normalized spacial score (nSPS) is 14.5. The van der Waals surface area contributed by atoms with Crippen molar-refractivity contribution in [3.05, 3.63) is 57.6 Å². The van der Waals surface area contributed by atoms with Crippen LogP contribution in [0.1, 0.15) is 18.4 Å². The Hall–Kier alpha value is -2.57. The highest BCUT2D eigenvalue weighted by atomic mass is 35.5. The van der Waals surface area contributed by atoms with E-state index < -0.39 is 0 Å². The fourth-order valence-electron chi connectivity index (χ4n) is 3.53. The van der Waals surface area contributed by atoms with Crippen LogP contribution in [0.2, 0.25) is 5.15 Å². The van der Waals surface area contributed by atoms with E-state index in [2.05, 4.69) is 20.2 Å². The van der Waals surface area contributed by atoms with Gasteiger partial charge in [0.1, 0.15) is 23.3 Å². The van der Waals surface area contributed by atoms with E-state index in [1.54, 1.807) is 18.3 Å². The number of fused-ring (bicyclic) bond motifs is 1. The number of ether oxygens (including phenoxy) is 1. The number of rotatable bonds is 6. The minimum absolute atomic E-state index is 0.210. The van der Waals surface area contributed by atoms with Gasteiger partial charge in [-0.3, -0.25) is 9.69 Å². The molecule has 0 radical (unpaired) electrons. The fraction of sp³-hybridized carbons (Fsp3) is 0.333. The highest BCUT2D eigenvalue weighted by molar-refractivity contribution is 6.30. The van der Waals surface area contributed by atoms with E-state index in [1.807, 2.05) is 25.1 Å². The van der Waals surface area contributed by atoms with Crippen LogP contribution in [0.15, 0.2) is 41.3 Å². The number of hydrogen-bond acceptors (Lipinski definition) is 5. The van der Waals surface area contributed by atoms with Crippen molar-refractivity contribution in [3.8, 4) is 5.75 Å². The summed E-state index contributed by atoms with van der Waals surface area (Å²) in [7, 11) is 0. The van der Waals surface area contributed by atoms with E-state index in [1.165, 1.54) is 12.8 Å². The fourth-order valence-corrected chi connectivity index (χ4v) is 3.74. The third kappa shape index (κ3) is 4.13. The molecule has 0 atom stereocenters. The van der Waals surface area contributed by atoms with E-state index in [4.69, 9.17) is 16.3 Å². The SMILES string of the molecule is Cc1ccc(Nc2nc(Cl)cc3cc[nH]c(=O)c23)cc1OCCN1CCCC1. The molecule has 2 N–H and O–H groups in total. The van der Waals surface area contributed by atoms with E-state index in [9.17, 15) is 4.79 Å². The summed E-state index contributed by atoms with van der Waals surface area (Å²) in [5.41, 5.74) is 1.65. The van der Waals surface area contributed by atoms with Crippen LogP contribution >= 0.6 is 11.6 Å². The van der Waals surface area contributed by atoms with Crippen molar-refractivity contribution in [2.75, 3.05) is 31.6 Å². The number of benzene rings is 1. The molecule has 0 aliphatic carbocycles. The Bertz CT molecular complexity index is 1040. The van der Waals surface area contributed by atoms with Crippen molar-refractivity contribution in [2.24, 2.45) is 0 Å². The Morgan fingerprint density at radius 1 is 1.25 bits per heavy atom. The molecule has 0 saturated carbocycles. The number of likely N-dealkylation sites (tertiary alicyclic amines) is 1. The smallest absolute Gasteiger partial charge is 0.259 e. The van der Waals surface area contributed by atoms with Crippen LogP contribution in [0.5, 0.6) is 5.75 Å². The highest BCUT2D eigenvalue weighted by Crippen LogP contribution is 2.28. The molecule has 1 aromatic carbocycles. The lowest BCUT2D eigenvalue weighted by molar-refractivity contribution is 0.237. The molecule has 1 aliphatic heterocycles. The highest BCUT2D eigenvalue weighted by Gasteiger charge is 2.12. The molecule has 1 saturated heterocycles. The average Bonchev–Trinajstić information content (AvgIpc) is 3.17. The molecule has 4 rings (SSSR count). The summed E-state index contributed by atoms with van der Waals surface area (Å²) in [6.45, 7) is 5.93. The summed E-state index contributed by atoms with van der Waals surface area (Å²) in [6, 6.07) is 9.35. The first-order valence-electron chi connectivity index (χ1n) is 9.51. The molecule has 0 bridgehead atoms. The predicted molar refractivity (Wildman–Crippen MR) is 113 cm³/mol. The van der Waals surface area contributed by atoms with Gasteiger partial charge >= 0.3 is 0 Å². The third-order valence-corrected chi connectivity index (χ3v) is 5.23. The van der Waals surface area contributed by atoms with Gasteiger partial charge in [-0.05, 0) is 62.0 Å². The molecule has 6 nitrogen and oxygen atoms in total. The molecule has 3 heterocycles. The maximum atomic E-state index is 12.3. The number of nitrogens with one attached hydrogen (secondary N) is 2. The summed E-state index contributed by atoms with van der Waals surface area (Å²) < 4.78 is 6.02. The van der Waals surface area contributed by atoms with Gasteiger partial charge in [0.25, 0.3) is 5.56 Å². The van der Waals surface area contributed by atoms with Gasteiger partial charge in [-0.2, -0.15) is 0 Å². The monoisotopic (exact) mass is 398 g/mol. The number of H-pyrrole nitrogens is 1. The first-order valence-corrected chi connectivity index (χ1v) is 9.89. The summed E-state index contributed by atoms with van der Waals surface area (Å²) in [5.74, 6) is 1.25. The summed E-state index contributed by atoms with van der Waals surface area (Å²) >= 11 is 6.14. The average molecular weight is 399 g/mol. The molecule has 146 valence electrons. The van der Waals surface area contributed by atoms with Crippen molar-refractivity contribution in [3.63, 3.8) is 0 Å². The Morgan fingerprint density at radius 2 is 2.07 bits per heavy atom. The van der Waals surface area contributed by atoms with Gasteiger partial charge in [-0.25, -0.2) is 4.98 Å². The first-order chi connectivity index (χ1) is 13.6. The maximum absolute atomic E-state index is 12.3. The molecule has 28 heavy (non-hydrogen) atoms. The van der Waals surface area contributed by atoms with Crippen molar-refractivity contribution >= 4 is 33.9 Å². The molecular formula is C21H23ClN4O2. The minimum atomic E-state index is -0.210. The van der Waals surface area contributed by atoms with Crippen LogP contribution in [0.4, 0.5) is 11.5 Å². The van der Waals surface area contributed by atoms with Crippen LogP contribution in [0.25, 0.3) is 10.8 Å². The van der Waals surface area contributed by atoms with Crippen molar-refractivity contribution in [1.29, 1.82) is 0 Å². The van der Waals surface area contributed by atoms with Crippen molar-refractivity contribution in [2.45, 2.75) is 19.8 Å². The van der Waals surface area contributed by atoms with Crippen LogP contribution in [0.3, 0.4) is 0 Å². The molecule has 1 aliphatic rings. The third-order valence-electron chi connectivity index (χ3n) is 5.04. The van der Waals surface area contributed by atoms with Gasteiger partial charge in [0, 0.05) is 24.5 Å². The lowest BCUT2D eigenvalue weighted by Gasteiger charge is -2.17. The van der Waals surface area contributed by atoms with Crippen molar-refractivity contribution in [1.82, 2.24) is 14.9 Å². The summed E-state index contributed by atoms with van der Waals surface area (Å²) in [4.78, 5) is 21.7. The quantitative estimate of drug-likeness (QED) is 0.611. The van der Waals surface area contributed by atoms with Crippen LogP contribution in [-0.4, -0.2) is 41.1 Å². The lowest BCUT2D eigenvalue weighted by Crippen LogP contribution is -2.25. The number of nitrogens with zero attached hydrogens (tertiary/aromatic N) is 2. The van der Waals surface area contributed by atoms with Gasteiger partial charge in [-0.1, -0.05) is 17.7 Å². The zero-order valence-electron chi connectivity index (χ0n) is 15.8. The predicted octanol–water partition coefficient (Wildman–Crippen LogP) is 4.10. The van der Waals surface area contributed by atoms with E-state index in [0.29, 0.717) is 23.0 Å². The second kappa shape index (κ2) is 8.20. The second-order valence-corrected chi connectivity index (χ2v) is 7.45. The molecule has 1 fully saturated rings. The Labute approximate surface area is 168 Å². The first kappa shape index (κ1) is 18.8. The van der Waals surface area contributed by atoms with E-state index >= 15 is 0 Å². The van der Waals surface area contributed by atoms with Gasteiger partial charge in [0.15, 0.2) is 0 Å². The van der Waals surface area contributed by atoms with Gasteiger partial charge < -0.3 is 15.0 Å². The number of halogens is 1. The number of anilines is 2. The zero-order chi connectivity index (χ0) is 19.5. The van der Waals surface area contributed by atoms with E-state index in [-0.39, 0.29) is 5.56 Å². The second-order valence-electron chi connectivity index (χ2n) is 7.07. The van der Waals surface area contributed by atoms with Crippen LogP contribution in [-0.2, 0) is 0 Å². The Kier molecular flexibility index (Phi) is 5.50. The number of aryl methyl sites for hydroxylation is 1. The Balaban J connectivity index is 1.55. The number of aromatic nitrogens is 2. The minimum Gasteiger partial charge on any atom is -0.492 e. The lowest BCUT2D eigenvalue weighted by atomic mass is 10.2.